The summed E-state index contributed by atoms with van der Waals surface area (Å²) in [6.45, 7) is 2.97. The molecule has 0 aromatic heterocycles. The molecule has 0 amide bonds. The van der Waals surface area contributed by atoms with Crippen LogP contribution in [0.5, 0.6) is 0 Å². The minimum Gasteiger partial charge on any atom is -0.455 e. The Labute approximate surface area is 352 Å². The second-order valence-electron chi connectivity index (χ2n) is 19.1. The number of piperidine rings is 1. The Morgan fingerprint density at radius 2 is 1.44 bits per heavy atom. The van der Waals surface area contributed by atoms with Gasteiger partial charge >= 0.3 is 11.9 Å². The van der Waals surface area contributed by atoms with Gasteiger partial charge in [0.15, 0.2) is 5.60 Å². The number of rotatable bonds is 22. The number of aliphatic hydroxyl groups excluding tert-OH is 2. The van der Waals surface area contributed by atoms with Crippen molar-refractivity contribution >= 4 is 11.9 Å². The molecule has 3 N–H and O–H groups in total. The first-order valence-corrected chi connectivity index (χ1v) is 22.8. The highest BCUT2D eigenvalue weighted by atomic mass is 16.6. The van der Waals surface area contributed by atoms with E-state index in [9.17, 15) is 24.9 Å². The van der Waals surface area contributed by atoms with Gasteiger partial charge in [-0.3, -0.25) is 4.79 Å². The van der Waals surface area contributed by atoms with Crippen LogP contribution in [0.1, 0.15) is 120 Å². The normalized spacial score (nSPS) is 41.5. The number of methoxy groups -OCH3 is 4. The highest BCUT2D eigenvalue weighted by molar-refractivity contribution is 5.89. The summed E-state index contributed by atoms with van der Waals surface area (Å²) >= 11 is 0. The van der Waals surface area contributed by atoms with Crippen molar-refractivity contribution in [3.8, 4) is 0 Å². The molecule has 7 rings (SSSR count). The Morgan fingerprint density at radius 3 is 2.02 bits per heavy atom. The van der Waals surface area contributed by atoms with Gasteiger partial charge in [0, 0.05) is 82.5 Å². The van der Waals surface area contributed by atoms with Gasteiger partial charge in [-0.1, -0.05) is 102 Å². The fraction of sp³-hybridized carbons (Fsp3) is 0.830. The number of hydrogen-bond donors (Lipinski definition) is 3. The number of nitrogens with zero attached hydrogens (tertiary/aromatic N) is 1. The van der Waals surface area contributed by atoms with E-state index in [0.29, 0.717) is 24.9 Å². The van der Waals surface area contributed by atoms with E-state index in [4.69, 9.17) is 28.4 Å². The van der Waals surface area contributed by atoms with Gasteiger partial charge in [-0.2, -0.15) is 0 Å². The van der Waals surface area contributed by atoms with E-state index in [1.165, 1.54) is 64.9 Å². The van der Waals surface area contributed by atoms with Gasteiger partial charge in [-0.25, -0.2) is 4.79 Å². The van der Waals surface area contributed by atoms with Crippen LogP contribution in [0.3, 0.4) is 0 Å². The van der Waals surface area contributed by atoms with Gasteiger partial charge in [0.05, 0.1) is 30.5 Å². The quantitative estimate of drug-likeness (QED) is 0.0969. The molecule has 1 aromatic carbocycles. The monoisotopic (exact) mass is 828 g/mol. The molecule has 59 heavy (non-hydrogen) atoms. The Hall–Kier alpha value is -2.16. The standard InChI is InChI=1S/C47H73NO11/c1-7-8-9-10-11-12-13-14-15-16-17-18-22-25-34(50)59-47-35-31(27-45(53,42(57-6)40(47)51)41(35)58-43(52)30-23-20-19-21-24-30)46-33(55-4)26-32(49)44(29-54-3)28-48(2)39(46)36(47)37(56-5)38(44)46/h19-21,23-24,31-33,35-42,49,51,53H,7-18,22,25-29H2,1-6H3/t31-,32-,33?,35-,36+,37+,38-,39-,40+,41-,42+,44+,45+,46+,47-/m1/s1. The lowest BCUT2D eigenvalue weighted by molar-refractivity contribution is -0.321. The minimum atomic E-state index is -1.84. The summed E-state index contributed by atoms with van der Waals surface area (Å²) in [6, 6.07) is 8.29. The molecule has 6 aliphatic rings. The molecule has 1 aromatic rings. The number of unbranched alkanes of at least 4 members (excludes halogenated alkanes) is 12. The van der Waals surface area contributed by atoms with Crippen molar-refractivity contribution in [3.05, 3.63) is 35.9 Å². The van der Waals surface area contributed by atoms with Crippen molar-refractivity contribution in [1.29, 1.82) is 0 Å². The highest BCUT2D eigenvalue weighted by Gasteiger charge is 2.92. The van der Waals surface area contributed by atoms with E-state index in [1.807, 2.05) is 13.1 Å². The number of fused-ring (bicyclic) bond motifs is 2. The fourth-order valence-electron chi connectivity index (χ4n) is 14.5. The highest BCUT2D eigenvalue weighted by Crippen LogP contribution is 2.80. The third-order valence-corrected chi connectivity index (χ3v) is 16.3. The second-order valence-corrected chi connectivity index (χ2v) is 19.1. The molecule has 1 heterocycles. The van der Waals surface area contributed by atoms with Gasteiger partial charge in [0.1, 0.15) is 23.9 Å². The zero-order valence-electron chi connectivity index (χ0n) is 36.5. The van der Waals surface area contributed by atoms with Gasteiger partial charge in [-0.15, -0.1) is 0 Å². The number of ether oxygens (including phenoxy) is 6. The van der Waals surface area contributed by atoms with Crippen LogP contribution >= 0.6 is 0 Å². The summed E-state index contributed by atoms with van der Waals surface area (Å²) in [5, 5.41) is 38.1. The summed E-state index contributed by atoms with van der Waals surface area (Å²) in [6.07, 6.45) is 9.99. The maximum atomic E-state index is 14.5. The smallest absolute Gasteiger partial charge is 0.338 e. The number of carbonyl (C=O) groups is 2. The van der Waals surface area contributed by atoms with Crippen molar-refractivity contribution in [2.75, 3.05) is 48.6 Å². The SMILES string of the molecule is CCCCCCCCCCCCCCCC(=O)O[C@]12[C@H]3[C@@H](OC(=O)c4ccccc4)[C@@](O)(C[C@H]3[C@@]34C(OC)C[C@@H](O)[C@@]5(COC)CN(C)[C@@H]3[C@@H]1[C@H](OC)[C@H]54)[C@@H](OC)[C@@H]2O. The summed E-state index contributed by atoms with van der Waals surface area (Å²) in [5.74, 6) is -3.48. The predicted molar refractivity (Wildman–Crippen MR) is 220 cm³/mol. The second kappa shape index (κ2) is 18.3. The number of likely N-dealkylation sites (tertiary alicyclic amines) is 1. The summed E-state index contributed by atoms with van der Waals surface area (Å²) in [5.41, 5.74) is -4.82. The molecule has 1 aliphatic heterocycles. The number of esters is 2. The van der Waals surface area contributed by atoms with Crippen LogP contribution in [-0.4, -0.2) is 135 Å². The Kier molecular flexibility index (Phi) is 13.9. The molecule has 1 saturated heterocycles. The molecular weight excluding hydrogens is 755 g/mol. The molecule has 1 unspecified atom stereocenters. The molecule has 0 radical (unpaired) electrons. The van der Waals surface area contributed by atoms with Gasteiger partial charge in [0.2, 0.25) is 0 Å². The van der Waals surface area contributed by atoms with Crippen LogP contribution in [-0.2, 0) is 33.2 Å². The third kappa shape index (κ3) is 7.02. The van der Waals surface area contributed by atoms with Crippen LogP contribution in [0.4, 0.5) is 0 Å². The minimum absolute atomic E-state index is 0.0845. The third-order valence-electron chi connectivity index (χ3n) is 16.3. The summed E-state index contributed by atoms with van der Waals surface area (Å²) in [4.78, 5) is 30.8. The maximum Gasteiger partial charge on any atom is 0.338 e. The number of carbonyl (C=O) groups excluding carboxylic acids is 2. The maximum absolute atomic E-state index is 14.5. The first kappa shape index (κ1) is 44.9. The average molecular weight is 828 g/mol. The van der Waals surface area contributed by atoms with Gasteiger partial charge < -0.3 is 48.6 Å². The Morgan fingerprint density at radius 1 is 0.814 bits per heavy atom. The van der Waals surface area contributed by atoms with Crippen molar-refractivity contribution in [1.82, 2.24) is 4.90 Å². The van der Waals surface area contributed by atoms with Crippen LogP contribution < -0.4 is 0 Å². The van der Waals surface area contributed by atoms with E-state index in [1.54, 1.807) is 45.6 Å². The van der Waals surface area contributed by atoms with Crippen LogP contribution in [0.15, 0.2) is 30.3 Å². The van der Waals surface area contributed by atoms with Crippen molar-refractivity contribution in [2.45, 2.75) is 164 Å². The molecule has 12 heteroatoms. The van der Waals surface area contributed by atoms with Crippen molar-refractivity contribution in [3.63, 3.8) is 0 Å². The first-order valence-electron chi connectivity index (χ1n) is 22.8. The van der Waals surface area contributed by atoms with Crippen molar-refractivity contribution in [2.24, 2.45) is 34.5 Å². The summed E-state index contributed by atoms with van der Waals surface area (Å²) in [7, 11) is 8.39. The van der Waals surface area contributed by atoms with Gasteiger partial charge in [-0.05, 0) is 37.9 Å². The van der Waals surface area contributed by atoms with E-state index in [0.717, 1.165) is 19.3 Å². The Bertz CT molecular complexity index is 1580. The van der Waals surface area contributed by atoms with E-state index in [-0.39, 0.29) is 31.4 Å². The molecule has 5 saturated carbocycles. The molecule has 7 bridgehead atoms. The topological polar surface area (TPSA) is 153 Å². The lowest BCUT2D eigenvalue weighted by Crippen LogP contribution is -2.81. The van der Waals surface area contributed by atoms with Crippen LogP contribution in [0, 0.1) is 34.5 Å². The molecule has 15 atom stereocenters. The van der Waals surface area contributed by atoms with E-state index in [2.05, 4.69) is 11.8 Å². The van der Waals surface area contributed by atoms with E-state index < -0.39 is 88.3 Å². The van der Waals surface area contributed by atoms with E-state index >= 15 is 0 Å². The average Bonchev–Trinajstić information content (AvgIpc) is 3.62. The van der Waals surface area contributed by atoms with Crippen LogP contribution in [0.25, 0.3) is 0 Å². The first-order chi connectivity index (χ1) is 28.5. The lowest BCUT2D eigenvalue weighted by Gasteiger charge is -2.70. The number of aliphatic hydroxyl groups is 3. The largest absolute Gasteiger partial charge is 0.455 e. The molecule has 5 aliphatic carbocycles. The fourth-order valence-corrected chi connectivity index (χ4v) is 14.5. The zero-order valence-corrected chi connectivity index (χ0v) is 36.5. The molecule has 12 nitrogen and oxygen atoms in total. The lowest BCUT2D eigenvalue weighted by atomic mass is 9.42. The van der Waals surface area contributed by atoms with Crippen molar-refractivity contribution < 1.29 is 53.3 Å². The predicted octanol–water partition coefficient (Wildman–Crippen LogP) is 5.72. The molecular formula is C47H73NO11. The molecule has 6 fully saturated rings. The number of hydrogen-bond acceptors (Lipinski definition) is 12. The molecule has 1 spiro atoms. The number of benzene rings is 1. The summed E-state index contributed by atoms with van der Waals surface area (Å²) < 4.78 is 38.5. The zero-order chi connectivity index (χ0) is 42.2. The Balaban J connectivity index is 1.21. The molecule has 332 valence electrons. The van der Waals surface area contributed by atoms with Gasteiger partial charge in [0.25, 0.3) is 0 Å². The van der Waals surface area contributed by atoms with Crippen LogP contribution in [0.2, 0.25) is 0 Å².